The maximum absolute atomic E-state index is 8.21. The molecule has 7 unspecified atom stereocenters. The largest absolute Gasteiger partial charge is 0.414 e. The van der Waals surface area contributed by atoms with Gasteiger partial charge in [-0.05, 0) is 118 Å². The molecule has 0 radical (unpaired) electrons. The van der Waals surface area contributed by atoms with Gasteiger partial charge in [-0.15, -0.1) is 0 Å². The summed E-state index contributed by atoms with van der Waals surface area (Å²) < 4.78 is 30.6. The fourth-order valence-corrected chi connectivity index (χ4v) is 27.8. The summed E-state index contributed by atoms with van der Waals surface area (Å²) in [5.74, 6) is 0. The van der Waals surface area contributed by atoms with Gasteiger partial charge in [0.25, 0.3) is 0 Å². The zero-order chi connectivity index (χ0) is 39.5. The molecule has 0 bridgehead atoms. The minimum absolute atomic E-state index is 0.0587. The molecule has 9 heteroatoms. The first-order chi connectivity index (χ1) is 22.3. The SMILES string of the molecule is CCCCCCCC[Si](C)(OC(C)(CC)C(C)(CC)[Si](C)(CC)OC(C)(CC)[Si](C)(C)C)C(C)(C)C(C)(C)O[Si]1(C)CCC1(C)O[Si](C)(C)C. The Bertz CT molecular complexity index is 1070. The van der Waals surface area contributed by atoms with Crippen molar-refractivity contribution < 1.29 is 17.7 Å². The van der Waals surface area contributed by atoms with Crippen molar-refractivity contribution in [3.8, 4) is 0 Å². The molecule has 4 nitrogen and oxygen atoms in total. The lowest BCUT2D eigenvalue weighted by Crippen LogP contribution is -2.73. The van der Waals surface area contributed by atoms with Gasteiger partial charge in [0.15, 0.2) is 25.0 Å². The van der Waals surface area contributed by atoms with Crippen LogP contribution in [0.4, 0.5) is 0 Å². The van der Waals surface area contributed by atoms with Crippen LogP contribution in [0.3, 0.4) is 0 Å². The molecule has 0 saturated carbocycles. The third-order valence-electron chi connectivity index (χ3n) is 15.6. The maximum Gasteiger partial charge on any atom is 0.220 e. The smallest absolute Gasteiger partial charge is 0.220 e. The van der Waals surface area contributed by atoms with Crippen LogP contribution in [0.5, 0.6) is 0 Å². The summed E-state index contributed by atoms with van der Waals surface area (Å²) in [7, 11) is -10.3. The molecule has 0 aromatic rings. The van der Waals surface area contributed by atoms with Gasteiger partial charge in [0.2, 0.25) is 8.32 Å². The van der Waals surface area contributed by atoms with Crippen molar-refractivity contribution in [2.75, 3.05) is 0 Å². The molecule has 1 rings (SSSR count). The Labute approximate surface area is 320 Å². The molecule has 1 aliphatic heterocycles. The lowest BCUT2D eigenvalue weighted by Gasteiger charge is -2.64. The van der Waals surface area contributed by atoms with Crippen molar-refractivity contribution in [3.05, 3.63) is 0 Å². The molecule has 1 fully saturated rings. The van der Waals surface area contributed by atoms with Crippen LogP contribution in [0.25, 0.3) is 0 Å². The second-order valence-corrected chi connectivity index (χ2v) is 44.2. The van der Waals surface area contributed by atoms with Crippen molar-refractivity contribution in [2.45, 2.75) is 263 Å². The van der Waals surface area contributed by atoms with Crippen molar-refractivity contribution in [1.82, 2.24) is 0 Å². The molecule has 1 aliphatic rings. The first kappa shape index (κ1) is 48.9. The third kappa shape index (κ3) is 9.83. The minimum atomic E-state index is -2.50. The normalized spacial score (nSPS) is 27.0. The van der Waals surface area contributed by atoms with E-state index in [1.54, 1.807) is 0 Å². The molecule has 0 N–H and O–H groups in total. The predicted octanol–water partition coefficient (Wildman–Crippen LogP) is 14.6. The van der Waals surface area contributed by atoms with E-state index < -0.39 is 41.3 Å². The van der Waals surface area contributed by atoms with Crippen molar-refractivity contribution in [1.29, 1.82) is 0 Å². The summed E-state index contributed by atoms with van der Waals surface area (Å²) in [6.45, 7) is 53.8. The fourth-order valence-electron chi connectivity index (χ4n) is 9.09. The molecular formula is C41H92O4Si5. The fraction of sp³-hybridized carbons (Fsp3) is 1.00. The third-order valence-corrected chi connectivity index (χ3v) is 36.4. The van der Waals surface area contributed by atoms with Gasteiger partial charge in [0.05, 0.1) is 24.5 Å². The zero-order valence-corrected chi connectivity index (χ0v) is 43.3. The summed E-state index contributed by atoms with van der Waals surface area (Å²) >= 11 is 0. The van der Waals surface area contributed by atoms with E-state index in [1.165, 1.54) is 50.6 Å². The van der Waals surface area contributed by atoms with Gasteiger partial charge in [0, 0.05) is 15.3 Å². The highest BCUT2D eigenvalue weighted by atomic mass is 28.4. The van der Waals surface area contributed by atoms with Crippen LogP contribution >= 0.6 is 0 Å². The molecule has 0 spiro atoms. The topological polar surface area (TPSA) is 36.9 Å². The molecule has 0 amide bonds. The first-order valence-electron chi connectivity index (χ1n) is 21.1. The Morgan fingerprint density at radius 2 is 1.18 bits per heavy atom. The van der Waals surface area contributed by atoms with Gasteiger partial charge in [-0.1, -0.05) is 114 Å². The van der Waals surface area contributed by atoms with Gasteiger partial charge in [-0.3, -0.25) is 0 Å². The van der Waals surface area contributed by atoms with Crippen molar-refractivity contribution in [3.63, 3.8) is 0 Å². The monoisotopic (exact) mass is 789 g/mol. The Kier molecular flexibility index (Phi) is 16.6. The molecule has 1 heterocycles. The molecule has 0 aromatic heterocycles. The Morgan fingerprint density at radius 3 is 1.56 bits per heavy atom. The van der Waals surface area contributed by atoms with E-state index in [2.05, 4.69) is 149 Å². The minimum Gasteiger partial charge on any atom is -0.414 e. The Hall–Kier alpha value is 0.924. The number of hydrogen-bond acceptors (Lipinski definition) is 4. The predicted molar refractivity (Wildman–Crippen MR) is 237 cm³/mol. The second-order valence-electron chi connectivity index (χ2n) is 21.1. The van der Waals surface area contributed by atoms with Gasteiger partial charge >= 0.3 is 0 Å². The van der Waals surface area contributed by atoms with Crippen LogP contribution in [-0.2, 0) is 17.7 Å². The van der Waals surface area contributed by atoms with E-state index in [-0.39, 0.29) is 31.7 Å². The molecule has 7 atom stereocenters. The van der Waals surface area contributed by atoms with E-state index in [0.29, 0.717) is 0 Å². The quantitative estimate of drug-likeness (QED) is 0.0721. The van der Waals surface area contributed by atoms with E-state index in [0.717, 1.165) is 31.7 Å². The maximum atomic E-state index is 8.21. The Morgan fingerprint density at radius 1 is 0.660 bits per heavy atom. The van der Waals surface area contributed by atoms with Crippen LogP contribution in [0.1, 0.15) is 154 Å². The average Bonchev–Trinajstić information content (AvgIpc) is 2.99. The molecule has 50 heavy (non-hydrogen) atoms. The van der Waals surface area contributed by atoms with E-state index in [4.69, 9.17) is 17.7 Å². The molecular weight excluding hydrogens is 697 g/mol. The summed E-state index contributed by atoms with van der Waals surface area (Å²) in [6, 6.07) is 3.45. The van der Waals surface area contributed by atoms with Gasteiger partial charge in [0.1, 0.15) is 0 Å². The summed E-state index contributed by atoms with van der Waals surface area (Å²) in [6.07, 6.45) is 12.1. The van der Waals surface area contributed by atoms with Crippen LogP contribution in [0.15, 0.2) is 0 Å². The van der Waals surface area contributed by atoms with Crippen LogP contribution in [0.2, 0.25) is 87.1 Å². The lowest BCUT2D eigenvalue weighted by atomic mass is 9.85. The highest BCUT2D eigenvalue weighted by Crippen LogP contribution is 2.62. The Balaban J connectivity index is 3.81. The number of unbranched alkanes of at least 4 members (excludes halogenated alkanes) is 5. The van der Waals surface area contributed by atoms with Gasteiger partial charge in [-0.25, -0.2) is 0 Å². The highest BCUT2D eigenvalue weighted by molar-refractivity contribution is 6.82. The second kappa shape index (κ2) is 17.0. The molecule has 300 valence electrons. The molecule has 0 aliphatic carbocycles. The lowest BCUT2D eigenvalue weighted by molar-refractivity contribution is -0.0279. The first-order valence-corrected chi connectivity index (χ1v) is 35.9. The van der Waals surface area contributed by atoms with Crippen LogP contribution in [-0.4, -0.2) is 63.0 Å². The number of rotatable bonds is 24. The van der Waals surface area contributed by atoms with Crippen LogP contribution < -0.4 is 0 Å². The summed E-state index contributed by atoms with van der Waals surface area (Å²) in [5.41, 5.74) is -0.657. The standard InChI is InChI=1S/C41H92O4Si5/c1-23-28-29-30-31-32-34-49(21,37(8,9)36(6,7)42-50(22)35-33-41(50,13)44-47(17,18)19)43-38(10,24-2)39(11,25-3)48(20,27-5)45-40(12,26-4)46(14,15)16/h23-35H2,1-22H3. The summed E-state index contributed by atoms with van der Waals surface area (Å²) in [4.78, 5) is 0. The van der Waals surface area contributed by atoms with Crippen molar-refractivity contribution >= 4 is 41.3 Å². The van der Waals surface area contributed by atoms with E-state index in [9.17, 15) is 0 Å². The van der Waals surface area contributed by atoms with E-state index in [1.807, 2.05) is 0 Å². The van der Waals surface area contributed by atoms with Crippen molar-refractivity contribution in [2.24, 2.45) is 0 Å². The number of hydrogen-bond donors (Lipinski definition) is 0. The van der Waals surface area contributed by atoms with Gasteiger partial charge in [-0.2, -0.15) is 0 Å². The summed E-state index contributed by atoms with van der Waals surface area (Å²) in [5, 5.41) is -0.372. The van der Waals surface area contributed by atoms with Crippen LogP contribution in [0, 0.1) is 0 Å². The zero-order valence-electron chi connectivity index (χ0n) is 38.3. The van der Waals surface area contributed by atoms with E-state index >= 15 is 0 Å². The molecule has 0 aromatic carbocycles. The molecule has 1 saturated heterocycles. The van der Waals surface area contributed by atoms with Gasteiger partial charge < -0.3 is 17.7 Å². The average molecular weight is 790 g/mol. The highest BCUT2D eigenvalue weighted by Gasteiger charge is 2.67.